The molecule has 0 unspecified atom stereocenters. The van der Waals surface area contributed by atoms with Crippen LogP contribution in [0.15, 0.2) is 64.6 Å². The van der Waals surface area contributed by atoms with Gasteiger partial charge in [-0.2, -0.15) is 13.2 Å². The average molecular weight is 475 g/mol. The van der Waals surface area contributed by atoms with Crippen molar-refractivity contribution < 1.29 is 21.6 Å². The van der Waals surface area contributed by atoms with E-state index in [0.717, 1.165) is 36.5 Å². The van der Waals surface area contributed by atoms with E-state index in [1.165, 1.54) is 18.2 Å². The first-order valence-corrected chi connectivity index (χ1v) is 12.0. The van der Waals surface area contributed by atoms with E-state index < -0.39 is 21.6 Å². The molecule has 0 radical (unpaired) electrons. The number of fused-ring (bicyclic) bond motifs is 1. The number of pyridine rings is 1. The number of hydrogen-bond acceptors (Lipinski definition) is 6. The second-order valence-electron chi connectivity index (χ2n) is 7.70. The first kappa shape index (κ1) is 22.8. The Morgan fingerprint density at radius 3 is 2.67 bits per heavy atom. The number of aromatic nitrogens is 1. The Bertz CT molecular complexity index is 1320. The molecule has 2 heterocycles. The van der Waals surface area contributed by atoms with Crippen LogP contribution in [0.4, 0.5) is 36.1 Å². The Labute approximate surface area is 189 Å². The van der Waals surface area contributed by atoms with Crippen molar-refractivity contribution in [3.8, 4) is 0 Å². The maximum absolute atomic E-state index is 13.5. The minimum atomic E-state index is -4.60. The van der Waals surface area contributed by atoms with Crippen LogP contribution in [0.2, 0.25) is 0 Å². The smallest absolute Gasteiger partial charge is 0.380 e. The molecule has 0 fully saturated rings. The van der Waals surface area contributed by atoms with Gasteiger partial charge in [0.2, 0.25) is 0 Å². The van der Waals surface area contributed by atoms with Gasteiger partial charge in [0.15, 0.2) is 9.84 Å². The predicted molar refractivity (Wildman–Crippen MR) is 122 cm³/mol. The lowest BCUT2D eigenvalue weighted by Gasteiger charge is -2.17. The molecule has 0 saturated carbocycles. The minimum Gasteiger partial charge on any atom is -0.380 e. The quantitative estimate of drug-likeness (QED) is 0.492. The Morgan fingerprint density at radius 1 is 1.09 bits per heavy atom. The molecule has 1 aliphatic rings. The molecule has 0 atom stereocenters. The maximum atomic E-state index is 13.5. The number of halogens is 3. The van der Waals surface area contributed by atoms with E-state index in [9.17, 15) is 21.6 Å². The molecule has 2 aromatic carbocycles. The van der Waals surface area contributed by atoms with Crippen LogP contribution in [0.1, 0.15) is 23.1 Å². The van der Waals surface area contributed by atoms with Gasteiger partial charge in [-0.25, -0.2) is 13.4 Å². The molecule has 1 aliphatic heterocycles. The second-order valence-corrected chi connectivity index (χ2v) is 9.72. The SMILES string of the molecule is CS(=O)(=O)c1cccc(CNc2cc(Nc3ccc4c(c3)CCC=N4)ncc2C(F)(F)F)c1. The van der Waals surface area contributed by atoms with Gasteiger partial charge in [-0.15, -0.1) is 0 Å². The van der Waals surface area contributed by atoms with Crippen LogP contribution in [0, 0.1) is 0 Å². The molecule has 0 spiro atoms. The molecule has 33 heavy (non-hydrogen) atoms. The highest BCUT2D eigenvalue weighted by molar-refractivity contribution is 7.90. The van der Waals surface area contributed by atoms with E-state index >= 15 is 0 Å². The average Bonchev–Trinajstić information content (AvgIpc) is 2.76. The third-order valence-electron chi connectivity index (χ3n) is 5.14. The van der Waals surface area contributed by atoms with Crippen LogP contribution in [-0.2, 0) is 29.0 Å². The van der Waals surface area contributed by atoms with Crippen molar-refractivity contribution in [2.75, 3.05) is 16.9 Å². The van der Waals surface area contributed by atoms with E-state index in [-0.39, 0.29) is 22.9 Å². The molecule has 3 aromatic rings. The first-order chi connectivity index (χ1) is 15.6. The van der Waals surface area contributed by atoms with Crippen molar-refractivity contribution in [2.24, 2.45) is 4.99 Å². The van der Waals surface area contributed by atoms with Crippen LogP contribution in [-0.4, -0.2) is 25.9 Å². The Kier molecular flexibility index (Phi) is 6.11. The molecule has 4 rings (SSSR count). The molecule has 0 amide bonds. The highest BCUT2D eigenvalue weighted by atomic mass is 32.2. The summed E-state index contributed by atoms with van der Waals surface area (Å²) in [5.41, 5.74) is 2.10. The molecule has 0 bridgehead atoms. The molecule has 1 aromatic heterocycles. The Morgan fingerprint density at radius 2 is 1.91 bits per heavy atom. The van der Waals surface area contributed by atoms with E-state index in [0.29, 0.717) is 11.3 Å². The predicted octanol–water partition coefficient (Wildman–Crippen LogP) is 5.51. The molecule has 6 nitrogen and oxygen atoms in total. The highest BCUT2D eigenvalue weighted by Gasteiger charge is 2.34. The number of sulfone groups is 1. The van der Waals surface area contributed by atoms with E-state index in [1.54, 1.807) is 18.2 Å². The lowest BCUT2D eigenvalue weighted by molar-refractivity contribution is -0.137. The van der Waals surface area contributed by atoms with Crippen LogP contribution >= 0.6 is 0 Å². The number of anilines is 3. The van der Waals surface area contributed by atoms with Crippen molar-refractivity contribution in [1.82, 2.24) is 4.98 Å². The summed E-state index contributed by atoms with van der Waals surface area (Å²) in [6.07, 6.45) is 0.788. The van der Waals surface area contributed by atoms with Crippen LogP contribution < -0.4 is 10.6 Å². The van der Waals surface area contributed by atoms with Gasteiger partial charge in [0.25, 0.3) is 0 Å². The fourth-order valence-electron chi connectivity index (χ4n) is 3.50. The van der Waals surface area contributed by atoms with Gasteiger partial charge >= 0.3 is 6.18 Å². The van der Waals surface area contributed by atoms with Gasteiger partial charge < -0.3 is 10.6 Å². The number of alkyl halides is 3. The Hall–Kier alpha value is -3.40. The van der Waals surface area contributed by atoms with Gasteiger partial charge in [-0.3, -0.25) is 4.99 Å². The largest absolute Gasteiger partial charge is 0.419 e. The number of aliphatic imine (C=N–C) groups is 1. The zero-order chi connectivity index (χ0) is 23.6. The lowest BCUT2D eigenvalue weighted by atomic mass is 10.0. The van der Waals surface area contributed by atoms with Crippen molar-refractivity contribution >= 4 is 38.9 Å². The topological polar surface area (TPSA) is 83.5 Å². The number of aryl methyl sites for hydroxylation is 1. The fourth-order valence-corrected chi connectivity index (χ4v) is 4.19. The van der Waals surface area contributed by atoms with Gasteiger partial charge in [0.1, 0.15) is 5.82 Å². The van der Waals surface area contributed by atoms with Crippen molar-refractivity contribution in [3.05, 3.63) is 71.4 Å². The van der Waals surface area contributed by atoms with Crippen LogP contribution in [0.5, 0.6) is 0 Å². The molecule has 0 aliphatic carbocycles. The molecular weight excluding hydrogens is 453 g/mol. The Balaban J connectivity index is 1.59. The van der Waals surface area contributed by atoms with Crippen LogP contribution in [0.3, 0.4) is 0 Å². The van der Waals surface area contributed by atoms with Gasteiger partial charge in [-0.05, 0) is 54.3 Å². The van der Waals surface area contributed by atoms with E-state index in [1.807, 2.05) is 18.3 Å². The minimum absolute atomic E-state index is 0.00669. The zero-order valence-corrected chi connectivity index (χ0v) is 18.5. The first-order valence-electron chi connectivity index (χ1n) is 10.1. The summed E-state index contributed by atoms with van der Waals surface area (Å²) in [7, 11) is -3.42. The van der Waals surface area contributed by atoms with Gasteiger partial charge in [-0.1, -0.05) is 12.1 Å². The van der Waals surface area contributed by atoms with Crippen molar-refractivity contribution in [3.63, 3.8) is 0 Å². The van der Waals surface area contributed by atoms with Crippen molar-refractivity contribution in [2.45, 2.75) is 30.5 Å². The van der Waals surface area contributed by atoms with E-state index in [2.05, 4.69) is 20.6 Å². The number of rotatable bonds is 6. The lowest BCUT2D eigenvalue weighted by Crippen LogP contribution is -2.12. The summed E-state index contributed by atoms with van der Waals surface area (Å²) in [6.45, 7) is 0.00669. The fraction of sp³-hybridized carbons (Fsp3) is 0.217. The standard InChI is InChI=1S/C23H21F3N4O2S/c1-33(31,32)18-6-2-4-15(10-18)13-28-21-12-22(29-14-19(21)23(24,25)26)30-17-7-8-20-16(11-17)5-3-9-27-20/h2,4,6-12,14H,3,5,13H2,1H3,(H2,28,29,30). The summed E-state index contributed by atoms with van der Waals surface area (Å²) in [5, 5.41) is 5.83. The zero-order valence-electron chi connectivity index (χ0n) is 17.6. The highest BCUT2D eigenvalue weighted by Crippen LogP contribution is 2.36. The normalized spacial score (nSPS) is 13.5. The third-order valence-corrected chi connectivity index (χ3v) is 6.25. The summed E-state index contributed by atoms with van der Waals surface area (Å²) >= 11 is 0. The molecule has 0 saturated heterocycles. The summed E-state index contributed by atoms with van der Waals surface area (Å²) < 4.78 is 64.2. The number of benzene rings is 2. The van der Waals surface area contributed by atoms with Crippen LogP contribution in [0.25, 0.3) is 0 Å². The number of nitrogens with one attached hydrogen (secondary N) is 2. The molecule has 172 valence electrons. The molecular formula is C23H21F3N4O2S. The van der Waals surface area contributed by atoms with Crippen molar-refractivity contribution in [1.29, 1.82) is 0 Å². The monoisotopic (exact) mass is 474 g/mol. The van der Waals surface area contributed by atoms with Gasteiger partial charge in [0.05, 0.1) is 21.8 Å². The second kappa shape index (κ2) is 8.86. The summed E-state index contributed by atoms with van der Waals surface area (Å²) in [5.74, 6) is 0.245. The third kappa shape index (κ3) is 5.51. The number of nitrogens with zero attached hydrogens (tertiary/aromatic N) is 2. The molecule has 2 N–H and O–H groups in total. The van der Waals surface area contributed by atoms with E-state index in [4.69, 9.17) is 0 Å². The van der Waals surface area contributed by atoms with Gasteiger partial charge in [0, 0.05) is 37.0 Å². The number of hydrogen-bond donors (Lipinski definition) is 2. The summed E-state index contributed by atoms with van der Waals surface area (Å²) in [6, 6.07) is 12.9. The molecule has 10 heteroatoms. The maximum Gasteiger partial charge on any atom is 0.419 e. The summed E-state index contributed by atoms with van der Waals surface area (Å²) in [4.78, 5) is 8.37.